The third-order valence-corrected chi connectivity index (χ3v) is 2.48. The summed E-state index contributed by atoms with van der Waals surface area (Å²) in [6.45, 7) is 10.6. The molecule has 0 aliphatic heterocycles. The maximum Gasteiger partial charge on any atom is 0.0459 e. The Morgan fingerprint density at radius 3 is 2.56 bits per heavy atom. The Morgan fingerprint density at radius 2 is 2.06 bits per heavy atom. The monoisotopic (exact) mass is 254 g/mol. The van der Waals surface area contributed by atoms with E-state index in [1.54, 1.807) is 6.20 Å². The molecule has 0 aromatic heterocycles. The van der Waals surface area contributed by atoms with E-state index >= 15 is 0 Å². The van der Waals surface area contributed by atoms with Crippen molar-refractivity contribution >= 4 is 6.72 Å². The molecule has 106 valence electrons. The molecule has 0 amide bonds. The lowest BCUT2D eigenvalue weighted by molar-refractivity contribution is 0.211. The first-order valence-electron chi connectivity index (χ1n) is 6.79. The van der Waals surface area contributed by atoms with Gasteiger partial charge in [-0.05, 0) is 58.0 Å². The van der Waals surface area contributed by atoms with Gasteiger partial charge in [-0.1, -0.05) is 26.0 Å². The van der Waals surface area contributed by atoms with Gasteiger partial charge in [0.1, 0.15) is 0 Å². The van der Waals surface area contributed by atoms with Crippen molar-refractivity contribution in [3.05, 3.63) is 23.9 Å². The highest BCUT2D eigenvalue weighted by atomic mass is 16.3. The molecule has 3 nitrogen and oxygen atoms in total. The molecule has 2 N–H and O–H groups in total. The van der Waals surface area contributed by atoms with Crippen molar-refractivity contribution in [2.24, 2.45) is 10.9 Å². The van der Waals surface area contributed by atoms with Crippen LogP contribution >= 0.6 is 0 Å². The summed E-state index contributed by atoms with van der Waals surface area (Å²) in [7, 11) is 1.94. The van der Waals surface area contributed by atoms with Crippen LogP contribution in [0.15, 0.2) is 28.9 Å². The summed E-state index contributed by atoms with van der Waals surface area (Å²) in [4.78, 5) is 3.69. The summed E-state index contributed by atoms with van der Waals surface area (Å²) < 4.78 is 0. The predicted molar refractivity (Wildman–Crippen MR) is 82.1 cm³/mol. The van der Waals surface area contributed by atoms with E-state index in [0.717, 1.165) is 31.4 Å². The Balaban J connectivity index is 0. The Morgan fingerprint density at radius 1 is 1.39 bits per heavy atom. The van der Waals surface area contributed by atoms with Crippen LogP contribution in [0.4, 0.5) is 0 Å². The molecular formula is C15H30N2O. The minimum absolute atomic E-state index is 0.276. The average Bonchev–Trinajstić information content (AvgIpc) is 2.40. The number of rotatable bonds is 9. The van der Waals surface area contributed by atoms with Gasteiger partial charge in [-0.15, -0.1) is 0 Å². The van der Waals surface area contributed by atoms with Crippen LogP contribution in [0.25, 0.3) is 0 Å². The summed E-state index contributed by atoms with van der Waals surface area (Å²) >= 11 is 0. The van der Waals surface area contributed by atoms with Crippen LogP contribution in [-0.4, -0.2) is 32.0 Å². The number of aliphatic hydroxyl groups is 1. The van der Waals surface area contributed by atoms with Crippen molar-refractivity contribution in [1.29, 1.82) is 0 Å². The quantitative estimate of drug-likeness (QED) is 0.490. The van der Waals surface area contributed by atoms with Crippen LogP contribution in [0.2, 0.25) is 0 Å². The molecule has 1 unspecified atom stereocenters. The zero-order chi connectivity index (χ0) is 14.2. The standard InChI is InChI=1S/C13H24N2O.C2H6/c1-12(10-15-3)6-4-5-7-13(11-16)8-9-14-2;1-2/h4,6,10,13-14,16H,3,5,7-9,11H2,1-2H3;1-2H3/b6-4-,12-10-;. The van der Waals surface area contributed by atoms with Gasteiger partial charge < -0.3 is 10.4 Å². The average molecular weight is 254 g/mol. The molecule has 0 aromatic carbocycles. The number of hydrogen-bond acceptors (Lipinski definition) is 3. The number of allylic oxidation sites excluding steroid dienone is 3. The molecule has 0 spiro atoms. The van der Waals surface area contributed by atoms with Gasteiger partial charge in [-0.2, -0.15) is 0 Å². The molecule has 1 atom stereocenters. The highest BCUT2D eigenvalue weighted by molar-refractivity contribution is 5.28. The predicted octanol–water partition coefficient (Wildman–Crippen LogP) is 3.17. The molecular weight excluding hydrogens is 224 g/mol. The fourth-order valence-corrected chi connectivity index (χ4v) is 1.46. The van der Waals surface area contributed by atoms with Crippen molar-refractivity contribution in [3.8, 4) is 0 Å². The van der Waals surface area contributed by atoms with Crippen LogP contribution in [0.5, 0.6) is 0 Å². The van der Waals surface area contributed by atoms with Gasteiger partial charge in [0.15, 0.2) is 0 Å². The molecule has 0 aliphatic rings. The van der Waals surface area contributed by atoms with Gasteiger partial charge in [0.25, 0.3) is 0 Å². The lowest BCUT2D eigenvalue weighted by Gasteiger charge is -2.11. The van der Waals surface area contributed by atoms with Crippen LogP contribution < -0.4 is 5.32 Å². The van der Waals surface area contributed by atoms with Gasteiger partial charge in [0.05, 0.1) is 0 Å². The summed E-state index contributed by atoms with van der Waals surface area (Å²) in [5, 5.41) is 12.3. The highest BCUT2D eigenvalue weighted by Crippen LogP contribution is 2.10. The summed E-state index contributed by atoms with van der Waals surface area (Å²) in [6.07, 6.45) is 8.96. The van der Waals surface area contributed by atoms with Crippen LogP contribution in [0.3, 0.4) is 0 Å². The number of aliphatic hydroxyl groups excluding tert-OH is 1. The van der Waals surface area contributed by atoms with Crippen LogP contribution in [0.1, 0.15) is 40.0 Å². The topological polar surface area (TPSA) is 44.6 Å². The molecule has 0 rings (SSSR count). The molecule has 0 bridgehead atoms. The van der Waals surface area contributed by atoms with E-state index in [4.69, 9.17) is 5.11 Å². The van der Waals surface area contributed by atoms with E-state index in [0.29, 0.717) is 5.92 Å². The van der Waals surface area contributed by atoms with E-state index in [1.165, 1.54) is 0 Å². The Hall–Kier alpha value is -0.930. The van der Waals surface area contributed by atoms with Crippen LogP contribution in [-0.2, 0) is 0 Å². The summed E-state index contributed by atoms with van der Waals surface area (Å²) in [5.41, 5.74) is 1.10. The van der Waals surface area contributed by atoms with Crippen molar-refractivity contribution in [2.45, 2.75) is 40.0 Å². The smallest absolute Gasteiger partial charge is 0.0459 e. The SMILES string of the molecule is C=N/C=C(C)\C=C/CCC(CO)CCNC.CC. The first kappa shape index (κ1) is 19.4. The minimum atomic E-state index is 0.276. The lowest BCUT2D eigenvalue weighted by Crippen LogP contribution is -2.15. The van der Waals surface area contributed by atoms with Gasteiger partial charge in [0, 0.05) is 12.8 Å². The molecule has 0 saturated carbocycles. The highest BCUT2D eigenvalue weighted by Gasteiger charge is 2.04. The largest absolute Gasteiger partial charge is 0.396 e. The van der Waals surface area contributed by atoms with Gasteiger partial charge in [-0.3, -0.25) is 4.99 Å². The second-order valence-electron chi connectivity index (χ2n) is 3.98. The van der Waals surface area contributed by atoms with E-state index in [-0.39, 0.29) is 6.61 Å². The van der Waals surface area contributed by atoms with E-state index in [2.05, 4.69) is 23.1 Å². The Labute approximate surface area is 113 Å². The molecule has 18 heavy (non-hydrogen) atoms. The summed E-state index contributed by atoms with van der Waals surface area (Å²) in [6, 6.07) is 0. The zero-order valence-electron chi connectivity index (χ0n) is 12.4. The molecule has 0 fully saturated rings. The lowest BCUT2D eigenvalue weighted by atomic mass is 10.00. The maximum absolute atomic E-state index is 9.16. The van der Waals surface area contributed by atoms with E-state index in [9.17, 15) is 0 Å². The van der Waals surface area contributed by atoms with Crippen molar-refractivity contribution in [1.82, 2.24) is 5.32 Å². The van der Waals surface area contributed by atoms with Crippen molar-refractivity contribution < 1.29 is 5.11 Å². The molecule has 0 saturated heterocycles. The zero-order valence-corrected chi connectivity index (χ0v) is 12.4. The second kappa shape index (κ2) is 16.1. The number of hydrogen-bond donors (Lipinski definition) is 2. The number of nitrogens with zero attached hydrogens (tertiary/aromatic N) is 1. The molecule has 3 heteroatoms. The molecule has 0 radical (unpaired) electrons. The van der Waals surface area contributed by atoms with Gasteiger partial charge in [-0.25, -0.2) is 0 Å². The number of nitrogens with one attached hydrogen (secondary N) is 1. The third kappa shape index (κ3) is 13.1. The fourth-order valence-electron chi connectivity index (χ4n) is 1.46. The summed E-state index contributed by atoms with van der Waals surface area (Å²) in [5.74, 6) is 0.402. The Kier molecular flexibility index (Phi) is 17.3. The second-order valence-corrected chi connectivity index (χ2v) is 3.98. The van der Waals surface area contributed by atoms with Gasteiger partial charge >= 0.3 is 0 Å². The maximum atomic E-state index is 9.16. The van der Waals surface area contributed by atoms with Crippen molar-refractivity contribution in [2.75, 3.05) is 20.2 Å². The number of aliphatic imine (C=N–C) groups is 1. The first-order chi connectivity index (χ1) is 8.74. The molecule has 0 aliphatic carbocycles. The van der Waals surface area contributed by atoms with E-state index in [1.807, 2.05) is 33.9 Å². The third-order valence-electron chi connectivity index (χ3n) is 2.48. The minimum Gasteiger partial charge on any atom is -0.396 e. The molecule has 0 heterocycles. The fraction of sp³-hybridized carbons (Fsp3) is 0.667. The van der Waals surface area contributed by atoms with Gasteiger partial charge in [0.2, 0.25) is 0 Å². The molecule has 0 aromatic rings. The Bertz CT molecular complexity index is 235. The van der Waals surface area contributed by atoms with Crippen molar-refractivity contribution in [3.63, 3.8) is 0 Å². The first-order valence-corrected chi connectivity index (χ1v) is 6.79. The van der Waals surface area contributed by atoms with E-state index < -0.39 is 0 Å². The van der Waals surface area contributed by atoms with Crippen LogP contribution in [0, 0.1) is 5.92 Å². The normalized spacial score (nSPS) is 13.1.